The summed E-state index contributed by atoms with van der Waals surface area (Å²) < 4.78 is 5.77. The fourth-order valence-electron chi connectivity index (χ4n) is 7.93. The molecule has 238 valence electrons. The van der Waals surface area contributed by atoms with Crippen LogP contribution in [0.1, 0.15) is 0 Å². The van der Waals surface area contributed by atoms with Gasteiger partial charge in [-0.3, -0.25) is 4.57 Å². The van der Waals surface area contributed by atoms with Crippen LogP contribution >= 0.6 is 11.3 Å². The smallest absolute Gasteiger partial charge is 0.235 e. The largest absolute Gasteiger partial charge is 0.309 e. The van der Waals surface area contributed by atoms with Crippen molar-refractivity contribution in [2.24, 2.45) is 0 Å². The van der Waals surface area contributed by atoms with Gasteiger partial charge in [-0.2, -0.15) is 0 Å². The fraction of sp³-hybridized carbons (Fsp3) is 0. The highest BCUT2D eigenvalue weighted by atomic mass is 32.1. The number of fused-ring (bicyclic) bond motifs is 8. The molecule has 0 N–H and O–H groups in total. The summed E-state index contributed by atoms with van der Waals surface area (Å²) in [5, 5.41) is 9.34. The molecule has 0 radical (unpaired) electrons. The predicted octanol–water partition coefficient (Wildman–Crippen LogP) is 12.4. The topological polar surface area (TPSA) is 35.6 Å². The first-order valence-electron chi connectivity index (χ1n) is 17.2. The quantitative estimate of drug-likeness (QED) is 0.187. The third-order valence-corrected chi connectivity index (χ3v) is 11.1. The van der Waals surface area contributed by atoms with Crippen molar-refractivity contribution in [3.05, 3.63) is 169 Å². The molecular weight excluding hydrogens is 641 g/mol. The maximum atomic E-state index is 5.32. The van der Waals surface area contributed by atoms with E-state index in [2.05, 4.69) is 172 Å². The van der Waals surface area contributed by atoms with E-state index in [1.54, 1.807) is 11.3 Å². The molecule has 0 amide bonds. The minimum absolute atomic E-state index is 0.675. The standard InChI is InChI=1S/C46H28N4S/c1-3-12-29(13-4-1)43-45-39(24-25-51-45)47-46(48-43)50-41-23-22-32(27-37(41)38-26-30-14-7-8-15-31(30)28-42(38)50)34-19-11-20-36-35-18-9-10-21-40(35)49(44(34)36)33-16-5-2-6-17-33/h1-28H. The molecule has 4 heterocycles. The molecule has 0 fully saturated rings. The molecule has 0 bridgehead atoms. The number of para-hydroxylation sites is 3. The molecule has 0 saturated carbocycles. The molecule has 0 unspecified atom stereocenters. The second kappa shape index (κ2) is 11.0. The normalized spacial score (nSPS) is 11.9. The summed E-state index contributed by atoms with van der Waals surface area (Å²) in [6.45, 7) is 0. The molecule has 4 aromatic heterocycles. The summed E-state index contributed by atoms with van der Waals surface area (Å²) in [5.41, 5.74) is 11.1. The molecular formula is C46H28N4S. The number of benzene rings is 7. The van der Waals surface area contributed by atoms with E-state index >= 15 is 0 Å². The Kier molecular flexibility index (Phi) is 6.09. The van der Waals surface area contributed by atoms with E-state index in [0.717, 1.165) is 38.2 Å². The molecule has 11 rings (SSSR count). The number of aromatic nitrogens is 4. The van der Waals surface area contributed by atoms with Gasteiger partial charge in [0.05, 0.1) is 38.0 Å². The van der Waals surface area contributed by atoms with Gasteiger partial charge in [0, 0.05) is 38.4 Å². The van der Waals surface area contributed by atoms with Gasteiger partial charge in [0.1, 0.15) is 0 Å². The molecule has 5 heteroatoms. The Morgan fingerprint density at radius 1 is 0.451 bits per heavy atom. The lowest BCUT2D eigenvalue weighted by molar-refractivity contribution is 1.02. The number of hydrogen-bond donors (Lipinski definition) is 0. The van der Waals surface area contributed by atoms with Crippen molar-refractivity contribution in [3.63, 3.8) is 0 Å². The molecule has 0 atom stereocenters. The highest BCUT2D eigenvalue weighted by molar-refractivity contribution is 7.17. The average Bonchev–Trinajstić information content (AvgIpc) is 3.89. The van der Waals surface area contributed by atoms with Gasteiger partial charge in [-0.05, 0) is 70.2 Å². The Morgan fingerprint density at radius 2 is 1.16 bits per heavy atom. The van der Waals surface area contributed by atoms with Crippen molar-refractivity contribution in [3.8, 4) is 34.0 Å². The van der Waals surface area contributed by atoms with Crippen molar-refractivity contribution in [2.75, 3.05) is 0 Å². The first-order chi connectivity index (χ1) is 25.3. The Labute approximate surface area is 297 Å². The Balaban J connectivity index is 1.22. The molecule has 0 aliphatic rings. The fourth-order valence-corrected chi connectivity index (χ4v) is 8.77. The minimum Gasteiger partial charge on any atom is -0.309 e. The maximum absolute atomic E-state index is 5.32. The van der Waals surface area contributed by atoms with Gasteiger partial charge in [0.25, 0.3) is 0 Å². The SMILES string of the molecule is c1ccc(-c2nc(-n3c4ccc(-c5cccc6c7ccccc7n(-c7ccccc7)c56)cc4c4cc5ccccc5cc43)nc3ccsc23)cc1. The zero-order chi connectivity index (χ0) is 33.5. The number of thiophene rings is 1. The Hall–Kier alpha value is -6.56. The second-order valence-corrected chi connectivity index (χ2v) is 14.0. The maximum Gasteiger partial charge on any atom is 0.235 e. The van der Waals surface area contributed by atoms with Gasteiger partial charge in [-0.15, -0.1) is 11.3 Å². The summed E-state index contributed by atoms with van der Waals surface area (Å²) in [6.07, 6.45) is 0. The van der Waals surface area contributed by atoms with Gasteiger partial charge >= 0.3 is 0 Å². The lowest BCUT2D eigenvalue weighted by Gasteiger charge is -2.12. The van der Waals surface area contributed by atoms with Crippen LogP contribution in [0.2, 0.25) is 0 Å². The zero-order valence-corrected chi connectivity index (χ0v) is 28.2. The molecule has 0 aliphatic carbocycles. The van der Waals surface area contributed by atoms with Crippen molar-refractivity contribution < 1.29 is 0 Å². The van der Waals surface area contributed by atoms with Gasteiger partial charge in [-0.1, -0.05) is 115 Å². The molecule has 4 nitrogen and oxygen atoms in total. The van der Waals surface area contributed by atoms with Crippen LogP contribution in [0.4, 0.5) is 0 Å². The van der Waals surface area contributed by atoms with Crippen molar-refractivity contribution in [1.29, 1.82) is 0 Å². The minimum atomic E-state index is 0.675. The van der Waals surface area contributed by atoms with Crippen LogP contribution in [-0.2, 0) is 0 Å². The van der Waals surface area contributed by atoms with E-state index in [-0.39, 0.29) is 0 Å². The lowest BCUT2D eigenvalue weighted by atomic mass is 9.99. The van der Waals surface area contributed by atoms with Gasteiger partial charge in [-0.25, -0.2) is 9.97 Å². The van der Waals surface area contributed by atoms with Crippen LogP contribution in [-0.4, -0.2) is 19.1 Å². The summed E-state index contributed by atoms with van der Waals surface area (Å²) >= 11 is 1.69. The average molecular weight is 669 g/mol. The second-order valence-electron chi connectivity index (χ2n) is 13.0. The molecule has 11 aromatic rings. The Morgan fingerprint density at radius 3 is 2.02 bits per heavy atom. The van der Waals surface area contributed by atoms with Gasteiger partial charge < -0.3 is 4.57 Å². The molecule has 7 aromatic carbocycles. The van der Waals surface area contributed by atoms with Gasteiger partial charge in [0.15, 0.2) is 0 Å². The first-order valence-corrected chi connectivity index (χ1v) is 18.0. The van der Waals surface area contributed by atoms with E-state index in [4.69, 9.17) is 9.97 Å². The van der Waals surface area contributed by atoms with E-state index < -0.39 is 0 Å². The summed E-state index contributed by atoms with van der Waals surface area (Å²) in [4.78, 5) is 10.5. The van der Waals surface area contributed by atoms with Crippen LogP contribution in [0.15, 0.2) is 169 Å². The summed E-state index contributed by atoms with van der Waals surface area (Å²) in [5.74, 6) is 0.675. The number of hydrogen-bond acceptors (Lipinski definition) is 3. The van der Waals surface area contributed by atoms with Gasteiger partial charge in [0.2, 0.25) is 5.95 Å². The molecule has 0 spiro atoms. The predicted molar refractivity (Wildman–Crippen MR) is 214 cm³/mol. The number of nitrogens with zero attached hydrogens (tertiary/aromatic N) is 4. The Bertz CT molecular complexity index is 3130. The summed E-state index contributed by atoms with van der Waals surface area (Å²) in [7, 11) is 0. The van der Waals surface area contributed by atoms with Crippen LogP contribution in [0.3, 0.4) is 0 Å². The van der Waals surface area contributed by atoms with E-state index in [1.807, 2.05) is 6.07 Å². The lowest BCUT2D eigenvalue weighted by Crippen LogP contribution is -2.02. The zero-order valence-electron chi connectivity index (χ0n) is 27.4. The third kappa shape index (κ3) is 4.25. The molecule has 0 aliphatic heterocycles. The molecule has 51 heavy (non-hydrogen) atoms. The van der Waals surface area contributed by atoms with Crippen LogP contribution in [0, 0.1) is 0 Å². The van der Waals surface area contributed by atoms with Crippen molar-refractivity contribution >= 4 is 75.9 Å². The van der Waals surface area contributed by atoms with Crippen molar-refractivity contribution in [1.82, 2.24) is 19.1 Å². The van der Waals surface area contributed by atoms with E-state index in [0.29, 0.717) is 5.95 Å². The third-order valence-electron chi connectivity index (χ3n) is 10.2. The number of rotatable bonds is 4. The monoisotopic (exact) mass is 668 g/mol. The van der Waals surface area contributed by atoms with Crippen molar-refractivity contribution in [2.45, 2.75) is 0 Å². The highest BCUT2D eigenvalue weighted by Crippen LogP contribution is 2.42. The van der Waals surface area contributed by atoms with E-state index in [9.17, 15) is 0 Å². The first kappa shape index (κ1) is 28.3. The van der Waals surface area contributed by atoms with Crippen LogP contribution in [0.5, 0.6) is 0 Å². The van der Waals surface area contributed by atoms with E-state index in [1.165, 1.54) is 54.5 Å². The summed E-state index contributed by atoms with van der Waals surface area (Å²) in [6, 6.07) is 58.8. The molecule has 0 saturated heterocycles. The van der Waals surface area contributed by atoms with Crippen LogP contribution in [0.25, 0.3) is 98.6 Å². The van der Waals surface area contributed by atoms with Crippen LogP contribution < -0.4 is 0 Å². The highest BCUT2D eigenvalue weighted by Gasteiger charge is 2.21.